The van der Waals surface area contributed by atoms with Crippen molar-refractivity contribution in [3.05, 3.63) is 36.4 Å². The number of likely N-dealkylation sites (tertiary alicyclic amines) is 1. The van der Waals surface area contributed by atoms with Crippen LogP contribution in [0, 0.1) is 23.7 Å². The SMILES string of the molecule is COc1ccccc1NC(=O)C(C)N1C(=O)C2C3C=CC(C3)C2C1=O. The highest BCUT2D eigenvalue weighted by Crippen LogP contribution is 2.52. The number of benzene rings is 1. The smallest absolute Gasteiger partial charge is 0.247 e. The zero-order valence-electron chi connectivity index (χ0n) is 14.1. The van der Waals surface area contributed by atoms with Crippen LogP contribution in [-0.2, 0) is 14.4 Å². The number of methoxy groups -OCH3 is 1. The maximum absolute atomic E-state index is 12.8. The number of hydrogen-bond donors (Lipinski definition) is 1. The number of allylic oxidation sites excluding steroid dienone is 2. The van der Waals surface area contributed by atoms with Gasteiger partial charge in [0, 0.05) is 0 Å². The molecule has 1 aromatic rings. The summed E-state index contributed by atoms with van der Waals surface area (Å²) in [6.07, 6.45) is 4.96. The summed E-state index contributed by atoms with van der Waals surface area (Å²) >= 11 is 0. The number of ether oxygens (including phenoxy) is 1. The van der Waals surface area contributed by atoms with Gasteiger partial charge >= 0.3 is 0 Å². The van der Waals surface area contributed by atoms with Gasteiger partial charge in [-0.3, -0.25) is 19.3 Å². The molecule has 4 rings (SSSR count). The molecule has 1 aromatic carbocycles. The van der Waals surface area contributed by atoms with Gasteiger partial charge in [-0.05, 0) is 37.3 Å². The highest BCUT2D eigenvalue weighted by atomic mass is 16.5. The van der Waals surface area contributed by atoms with Crippen molar-refractivity contribution in [2.24, 2.45) is 23.7 Å². The molecule has 5 unspecified atom stereocenters. The lowest BCUT2D eigenvalue weighted by molar-refractivity contribution is -0.146. The molecule has 3 amide bonds. The number of rotatable bonds is 4. The van der Waals surface area contributed by atoms with E-state index in [0.717, 1.165) is 11.3 Å². The fraction of sp³-hybridized carbons (Fsp3) is 0.421. The van der Waals surface area contributed by atoms with E-state index in [9.17, 15) is 14.4 Å². The number of fused-ring (bicyclic) bond motifs is 5. The molecule has 1 aliphatic heterocycles. The number of carbonyl (C=O) groups excluding carboxylic acids is 3. The summed E-state index contributed by atoms with van der Waals surface area (Å²) in [5.74, 6) is -0.591. The largest absolute Gasteiger partial charge is 0.495 e. The first-order valence-corrected chi connectivity index (χ1v) is 8.52. The number of hydrogen-bond acceptors (Lipinski definition) is 4. The molecule has 6 nitrogen and oxygen atoms in total. The maximum atomic E-state index is 12.8. The molecule has 1 N–H and O–H groups in total. The van der Waals surface area contributed by atoms with Gasteiger partial charge in [0.1, 0.15) is 11.8 Å². The van der Waals surface area contributed by atoms with Crippen molar-refractivity contribution < 1.29 is 19.1 Å². The Hall–Kier alpha value is -2.63. The van der Waals surface area contributed by atoms with E-state index in [1.807, 2.05) is 12.2 Å². The van der Waals surface area contributed by atoms with E-state index < -0.39 is 11.9 Å². The van der Waals surface area contributed by atoms with Crippen molar-refractivity contribution in [3.63, 3.8) is 0 Å². The van der Waals surface area contributed by atoms with Crippen molar-refractivity contribution in [2.45, 2.75) is 19.4 Å². The molecule has 2 aliphatic carbocycles. The molecule has 5 atom stereocenters. The van der Waals surface area contributed by atoms with Crippen LogP contribution in [0.25, 0.3) is 0 Å². The van der Waals surface area contributed by atoms with E-state index >= 15 is 0 Å². The Morgan fingerprint density at radius 3 is 2.36 bits per heavy atom. The zero-order chi connectivity index (χ0) is 17.7. The standard InChI is InChI=1S/C19H20N2O4/c1-10(17(22)20-13-5-3-4-6-14(13)25-2)21-18(23)15-11-7-8-12(9-11)16(15)19(21)24/h3-8,10-12,15-16H,9H2,1-2H3,(H,20,22). The molecule has 130 valence electrons. The first-order chi connectivity index (χ1) is 12.0. The fourth-order valence-corrected chi connectivity index (χ4v) is 4.41. The number of anilines is 1. The van der Waals surface area contributed by atoms with Gasteiger partial charge < -0.3 is 10.1 Å². The molecule has 2 fully saturated rings. The van der Waals surface area contributed by atoms with Crippen LogP contribution in [0.5, 0.6) is 5.75 Å². The van der Waals surface area contributed by atoms with Crippen LogP contribution >= 0.6 is 0 Å². The van der Waals surface area contributed by atoms with Crippen LogP contribution in [0.4, 0.5) is 5.69 Å². The Morgan fingerprint density at radius 1 is 1.16 bits per heavy atom. The molecule has 3 aliphatic rings. The predicted molar refractivity (Wildman–Crippen MR) is 90.7 cm³/mol. The Kier molecular flexibility index (Phi) is 3.63. The van der Waals surface area contributed by atoms with Crippen molar-refractivity contribution in [1.29, 1.82) is 0 Å². The van der Waals surface area contributed by atoms with Gasteiger partial charge in [0.2, 0.25) is 17.7 Å². The van der Waals surface area contributed by atoms with Gasteiger partial charge in [0.15, 0.2) is 0 Å². The molecule has 0 radical (unpaired) electrons. The average Bonchev–Trinajstić information content (AvgIpc) is 3.29. The molecule has 1 heterocycles. The van der Waals surface area contributed by atoms with E-state index in [4.69, 9.17) is 4.74 Å². The average molecular weight is 340 g/mol. The fourth-order valence-electron chi connectivity index (χ4n) is 4.41. The summed E-state index contributed by atoms with van der Waals surface area (Å²) in [4.78, 5) is 39.3. The Labute approximate surface area is 145 Å². The Morgan fingerprint density at radius 2 is 1.76 bits per heavy atom. The topological polar surface area (TPSA) is 75.7 Å². The van der Waals surface area contributed by atoms with Crippen LogP contribution < -0.4 is 10.1 Å². The number of nitrogens with one attached hydrogen (secondary N) is 1. The summed E-state index contributed by atoms with van der Waals surface area (Å²) in [5, 5.41) is 2.76. The second kappa shape index (κ2) is 5.72. The molecular weight excluding hydrogens is 320 g/mol. The summed E-state index contributed by atoms with van der Waals surface area (Å²) in [6, 6.07) is 6.18. The van der Waals surface area contributed by atoms with Gasteiger partial charge in [-0.25, -0.2) is 0 Å². The third kappa shape index (κ3) is 2.27. The van der Waals surface area contributed by atoms with E-state index in [1.165, 1.54) is 7.11 Å². The van der Waals surface area contributed by atoms with Crippen molar-refractivity contribution in [1.82, 2.24) is 4.90 Å². The highest BCUT2D eigenvalue weighted by Gasteiger charge is 2.60. The quantitative estimate of drug-likeness (QED) is 0.670. The molecule has 0 aromatic heterocycles. The third-order valence-electron chi connectivity index (χ3n) is 5.64. The predicted octanol–water partition coefficient (Wildman–Crippen LogP) is 1.83. The van der Waals surface area contributed by atoms with E-state index in [0.29, 0.717) is 11.4 Å². The van der Waals surface area contributed by atoms with Crippen LogP contribution in [0.3, 0.4) is 0 Å². The number of para-hydroxylation sites is 2. The van der Waals surface area contributed by atoms with Gasteiger partial charge in [-0.1, -0.05) is 24.3 Å². The number of amides is 3. The van der Waals surface area contributed by atoms with Gasteiger partial charge in [0.05, 0.1) is 24.6 Å². The van der Waals surface area contributed by atoms with Crippen LogP contribution in [0.15, 0.2) is 36.4 Å². The lowest BCUT2D eigenvalue weighted by Crippen LogP contribution is -2.46. The van der Waals surface area contributed by atoms with E-state index in [-0.39, 0.29) is 35.5 Å². The molecular formula is C19H20N2O4. The van der Waals surface area contributed by atoms with E-state index in [1.54, 1.807) is 31.2 Å². The minimum Gasteiger partial charge on any atom is -0.495 e. The second-order valence-electron chi connectivity index (χ2n) is 6.91. The Bertz CT molecular complexity index is 757. The minimum absolute atomic E-state index is 0.140. The second-order valence-corrected chi connectivity index (χ2v) is 6.91. The molecule has 25 heavy (non-hydrogen) atoms. The molecule has 1 saturated heterocycles. The molecule has 2 bridgehead atoms. The van der Waals surface area contributed by atoms with Gasteiger partial charge in [0.25, 0.3) is 0 Å². The maximum Gasteiger partial charge on any atom is 0.247 e. The molecule has 6 heteroatoms. The Balaban J connectivity index is 1.53. The van der Waals surface area contributed by atoms with Crippen LogP contribution in [0.1, 0.15) is 13.3 Å². The summed E-state index contributed by atoms with van der Waals surface area (Å²) in [5.41, 5.74) is 0.517. The molecule has 0 spiro atoms. The first-order valence-electron chi connectivity index (χ1n) is 8.52. The normalized spacial score (nSPS) is 30.6. The lowest BCUT2D eigenvalue weighted by atomic mass is 9.85. The van der Waals surface area contributed by atoms with Gasteiger partial charge in [-0.15, -0.1) is 0 Å². The monoisotopic (exact) mass is 340 g/mol. The molecule has 1 saturated carbocycles. The minimum atomic E-state index is -0.852. The third-order valence-corrected chi connectivity index (χ3v) is 5.64. The van der Waals surface area contributed by atoms with Crippen molar-refractivity contribution in [2.75, 3.05) is 12.4 Å². The summed E-state index contributed by atoms with van der Waals surface area (Å²) < 4.78 is 5.22. The number of imide groups is 1. The van der Waals surface area contributed by atoms with Crippen LogP contribution in [0.2, 0.25) is 0 Å². The zero-order valence-corrected chi connectivity index (χ0v) is 14.1. The van der Waals surface area contributed by atoms with Crippen molar-refractivity contribution >= 4 is 23.4 Å². The summed E-state index contributed by atoms with van der Waals surface area (Å²) in [6.45, 7) is 1.59. The number of carbonyl (C=O) groups is 3. The lowest BCUT2D eigenvalue weighted by Gasteiger charge is -2.24. The highest BCUT2D eigenvalue weighted by molar-refractivity contribution is 6.10. The summed E-state index contributed by atoms with van der Waals surface area (Å²) in [7, 11) is 1.52. The van der Waals surface area contributed by atoms with Crippen LogP contribution in [-0.4, -0.2) is 35.8 Å². The first kappa shape index (κ1) is 15.9. The van der Waals surface area contributed by atoms with Gasteiger partial charge in [-0.2, -0.15) is 0 Å². The number of nitrogens with zero attached hydrogens (tertiary/aromatic N) is 1. The van der Waals surface area contributed by atoms with E-state index in [2.05, 4.69) is 5.32 Å². The van der Waals surface area contributed by atoms with Crippen molar-refractivity contribution in [3.8, 4) is 5.75 Å².